The smallest absolute Gasteiger partial charge is 0.254 e. The van der Waals surface area contributed by atoms with E-state index >= 15 is 4.39 Å². The Kier molecular flexibility index (Phi) is 5.78. The molecule has 11 heteroatoms. The molecular weight excluding hydrogens is 441 g/mol. The lowest BCUT2D eigenvalue weighted by Gasteiger charge is -2.28. The third kappa shape index (κ3) is 3.81. The number of anilines is 1. The third-order valence-corrected chi connectivity index (χ3v) is 6.37. The van der Waals surface area contributed by atoms with E-state index < -0.39 is 5.82 Å². The maximum absolute atomic E-state index is 15.3. The van der Waals surface area contributed by atoms with Gasteiger partial charge in [0.2, 0.25) is 11.8 Å². The Morgan fingerprint density at radius 3 is 2.71 bits per heavy atom. The average molecular weight is 468 g/mol. The summed E-state index contributed by atoms with van der Waals surface area (Å²) >= 11 is 0. The molecule has 1 aliphatic rings. The van der Waals surface area contributed by atoms with E-state index in [4.69, 9.17) is 9.47 Å². The summed E-state index contributed by atoms with van der Waals surface area (Å²) in [5, 5.41) is 14.6. The molecule has 4 heterocycles. The van der Waals surface area contributed by atoms with Crippen molar-refractivity contribution in [2.24, 2.45) is 0 Å². The summed E-state index contributed by atoms with van der Waals surface area (Å²) in [7, 11) is 4.78. The van der Waals surface area contributed by atoms with Gasteiger partial charge in [-0.1, -0.05) is 0 Å². The highest BCUT2D eigenvalue weighted by molar-refractivity contribution is 6.01. The molecule has 1 amide bonds. The number of nitrogens with zero attached hydrogens (tertiary/aromatic N) is 5. The van der Waals surface area contributed by atoms with Crippen LogP contribution < -0.4 is 15.4 Å². The molecule has 34 heavy (non-hydrogen) atoms. The second-order valence-corrected chi connectivity index (χ2v) is 8.33. The lowest BCUT2D eigenvalue weighted by atomic mass is 9.93. The van der Waals surface area contributed by atoms with Crippen molar-refractivity contribution < 1.29 is 18.7 Å². The minimum absolute atomic E-state index is 0.209. The third-order valence-electron chi connectivity index (χ3n) is 6.37. The second-order valence-electron chi connectivity index (χ2n) is 8.33. The average Bonchev–Trinajstić information content (AvgIpc) is 3.43. The monoisotopic (exact) mass is 467 g/mol. The molecule has 0 aromatic carbocycles. The Morgan fingerprint density at radius 1 is 1.21 bits per heavy atom. The van der Waals surface area contributed by atoms with Crippen LogP contribution >= 0.6 is 0 Å². The molecule has 4 aromatic heterocycles. The van der Waals surface area contributed by atoms with Crippen LogP contribution in [-0.2, 0) is 4.74 Å². The number of nitrogens with one attached hydrogen (secondary N) is 2. The van der Waals surface area contributed by atoms with Gasteiger partial charge in [-0.05, 0) is 43.4 Å². The quantitative estimate of drug-likeness (QED) is 0.449. The van der Waals surface area contributed by atoms with Gasteiger partial charge >= 0.3 is 0 Å². The first-order chi connectivity index (χ1) is 16.5. The first-order valence-electron chi connectivity index (χ1n) is 11.1. The second kappa shape index (κ2) is 8.90. The molecule has 0 spiro atoms. The summed E-state index contributed by atoms with van der Waals surface area (Å²) in [6, 6.07) is 3.66. The molecule has 10 nitrogen and oxygen atoms in total. The van der Waals surface area contributed by atoms with Gasteiger partial charge in [-0.3, -0.25) is 4.79 Å². The van der Waals surface area contributed by atoms with Gasteiger partial charge in [-0.25, -0.2) is 13.4 Å². The van der Waals surface area contributed by atoms with Crippen molar-refractivity contribution in [1.29, 1.82) is 0 Å². The standard InChI is InChI=1S/C23H26FN7O3/c1-25-21(32)16-11-26-30-9-8-13(10-18(16)30)19-17(24)12-31-20(19)22(34-3)28-23(29-31)27-14-4-6-15(33-2)7-5-14/h8-12,14-15H,4-7H2,1-3H3,(H,25,32)(H,27,29). The highest BCUT2D eigenvalue weighted by atomic mass is 19.1. The molecule has 0 aliphatic heterocycles. The number of hydrogen-bond acceptors (Lipinski definition) is 7. The molecule has 1 fully saturated rings. The van der Waals surface area contributed by atoms with E-state index in [1.807, 2.05) is 0 Å². The number of amides is 1. The normalized spacial score (nSPS) is 18.4. The molecule has 0 atom stereocenters. The van der Waals surface area contributed by atoms with E-state index in [0.717, 1.165) is 25.7 Å². The van der Waals surface area contributed by atoms with Crippen molar-refractivity contribution in [3.8, 4) is 17.0 Å². The summed E-state index contributed by atoms with van der Waals surface area (Å²) in [4.78, 5) is 16.7. The fourth-order valence-corrected chi connectivity index (χ4v) is 4.57. The van der Waals surface area contributed by atoms with Crippen LogP contribution in [0, 0.1) is 5.82 Å². The molecule has 2 N–H and O–H groups in total. The van der Waals surface area contributed by atoms with Gasteiger partial charge in [-0.2, -0.15) is 10.1 Å². The predicted octanol–water partition coefficient (Wildman–Crippen LogP) is 2.92. The number of ether oxygens (including phenoxy) is 2. The molecular formula is C23H26FN7O3. The molecule has 178 valence electrons. The number of halogens is 1. The molecule has 0 bridgehead atoms. The fourth-order valence-electron chi connectivity index (χ4n) is 4.57. The number of fused-ring (bicyclic) bond motifs is 2. The largest absolute Gasteiger partial charge is 0.479 e. The van der Waals surface area contributed by atoms with E-state index in [-0.39, 0.29) is 29.5 Å². The molecule has 1 saturated carbocycles. The lowest BCUT2D eigenvalue weighted by molar-refractivity contribution is 0.0681. The van der Waals surface area contributed by atoms with E-state index in [9.17, 15) is 4.79 Å². The van der Waals surface area contributed by atoms with Gasteiger partial charge in [-0.15, -0.1) is 5.10 Å². The Labute approximate surface area is 195 Å². The Morgan fingerprint density at radius 2 is 2.00 bits per heavy atom. The van der Waals surface area contributed by atoms with Crippen LogP contribution in [0.2, 0.25) is 0 Å². The molecule has 0 radical (unpaired) electrons. The van der Waals surface area contributed by atoms with Gasteiger partial charge in [0.15, 0.2) is 5.82 Å². The van der Waals surface area contributed by atoms with Crippen LogP contribution in [0.1, 0.15) is 36.0 Å². The van der Waals surface area contributed by atoms with Gasteiger partial charge in [0, 0.05) is 26.4 Å². The summed E-state index contributed by atoms with van der Waals surface area (Å²) in [5.41, 5.74) is 2.19. The van der Waals surface area contributed by atoms with Crippen molar-refractivity contribution >= 4 is 22.9 Å². The van der Waals surface area contributed by atoms with Crippen molar-refractivity contribution in [1.82, 2.24) is 29.5 Å². The molecule has 4 aromatic rings. The van der Waals surface area contributed by atoms with Crippen LogP contribution in [0.4, 0.5) is 10.3 Å². The predicted molar refractivity (Wildman–Crippen MR) is 124 cm³/mol. The zero-order valence-electron chi connectivity index (χ0n) is 19.2. The SMILES string of the molecule is CNC(=O)c1cnn2ccc(-c3c(F)cn4nc(NC5CCC(OC)CC5)nc(OC)c34)cc12. The van der Waals surface area contributed by atoms with Crippen LogP contribution in [-0.4, -0.2) is 63.5 Å². The summed E-state index contributed by atoms with van der Waals surface area (Å²) in [6.45, 7) is 0. The molecule has 0 saturated heterocycles. The lowest BCUT2D eigenvalue weighted by Crippen LogP contribution is -2.30. The molecule has 0 unspecified atom stereocenters. The van der Waals surface area contributed by atoms with Crippen LogP contribution in [0.15, 0.2) is 30.7 Å². The first-order valence-corrected chi connectivity index (χ1v) is 11.1. The summed E-state index contributed by atoms with van der Waals surface area (Å²) in [5.74, 6) is -0.122. The zero-order chi connectivity index (χ0) is 23.8. The Bertz CT molecular complexity index is 1360. The van der Waals surface area contributed by atoms with E-state index in [1.54, 1.807) is 37.0 Å². The maximum atomic E-state index is 15.3. The minimum Gasteiger partial charge on any atom is -0.479 e. The van der Waals surface area contributed by atoms with Crippen LogP contribution in [0.3, 0.4) is 0 Å². The maximum Gasteiger partial charge on any atom is 0.254 e. The Balaban J connectivity index is 1.54. The number of aromatic nitrogens is 5. The van der Waals surface area contributed by atoms with Gasteiger partial charge in [0.05, 0.1) is 42.3 Å². The highest BCUT2D eigenvalue weighted by Crippen LogP contribution is 2.35. The van der Waals surface area contributed by atoms with E-state index in [1.165, 1.54) is 24.0 Å². The zero-order valence-corrected chi connectivity index (χ0v) is 19.2. The van der Waals surface area contributed by atoms with Crippen molar-refractivity contribution in [2.75, 3.05) is 26.6 Å². The summed E-state index contributed by atoms with van der Waals surface area (Å²) in [6.07, 6.45) is 8.55. The van der Waals surface area contributed by atoms with E-state index in [2.05, 4.69) is 25.8 Å². The molecule has 5 rings (SSSR count). The topological polar surface area (TPSA) is 107 Å². The summed E-state index contributed by atoms with van der Waals surface area (Å²) < 4.78 is 29.2. The first kappa shape index (κ1) is 22.1. The van der Waals surface area contributed by atoms with Gasteiger partial charge in [0.25, 0.3) is 5.91 Å². The van der Waals surface area contributed by atoms with Crippen LogP contribution in [0.5, 0.6) is 5.88 Å². The van der Waals surface area contributed by atoms with Gasteiger partial charge in [0.1, 0.15) is 5.52 Å². The number of methoxy groups -OCH3 is 2. The van der Waals surface area contributed by atoms with Gasteiger partial charge < -0.3 is 20.1 Å². The number of carbonyl (C=O) groups excluding carboxylic acids is 1. The Hall–Kier alpha value is -3.73. The van der Waals surface area contributed by atoms with Crippen molar-refractivity contribution in [3.63, 3.8) is 0 Å². The minimum atomic E-state index is -0.476. The highest BCUT2D eigenvalue weighted by Gasteiger charge is 2.24. The number of hydrogen-bond donors (Lipinski definition) is 2. The fraction of sp³-hybridized carbons (Fsp3) is 0.391. The number of pyridine rings is 1. The van der Waals surface area contributed by atoms with Crippen LogP contribution in [0.25, 0.3) is 22.2 Å². The number of carbonyl (C=O) groups is 1. The van der Waals surface area contributed by atoms with Crippen molar-refractivity contribution in [2.45, 2.75) is 37.8 Å². The van der Waals surface area contributed by atoms with E-state index in [0.29, 0.717) is 28.1 Å². The number of rotatable bonds is 6. The van der Waals surface area contributed by atoms with Crippen molar-refractivity contribution in [3.05, 3.63) is 42.1 Å². The molecule has 1 aliphatic carbocycles.